The summed E-state index contributed by atoms with van der Waals surface area (Å²) in [6.45, 7) is 3.80. The summed E-state index contributed by atoms with van der Waals surface area (Å²) in [7, 11) is 0. The van der Waals surface area contributed by atoms with Crippen LogP contribution in [0.5, 0.6) is 0 Å². The first-order chi connectivity index (χ1) is 5.16. The standard InChI is InChI=1S/C7H9BrO2S/c1-3-11-7-5(8)4(2)6(9)10-7/h7H,3H2,1-2H3. The lowest BCUT2D eigenvalue weighted by molar-refractivity contribution is -0.136. The third kappa shape index (κ3) is 1.79. The highest BCUT2D eigenvalue weighted by Crippen LogP contribution is 2.33. The SMILES string of the molecule is CCSC1OC(=O)C(C)=C1Br. The minimum Gasteiger partial charge on any atom is -0.442 e. The Morgan fingerprint density at radius 3 is 2.73 bits per heavy atom. The van der Waals surface area contributed by atoms with Crippen LogP contribution in [0.3, 0.4) is 0 Å². The molecule has 0 aromatic carbocycles. The van der Waals surface area contributed by atoms with Crippen LogP contribution < -0.4 is 0 Å². The Morgan fingerprint density at radius 1 is 1.73 bits per heavy atom. The summed E-state index contributed by atoms with van der Waals surface area (Å²) < 4.78 is 5.91. The molecule has 1 rings (SSSR count). The van der Waals surface area contributed by atoms with Gasteiger partial charge in [-0.1, -0.05) is 22.9 Å². The van der Waals surface area contributed by atoms with Gasteiger partial charge < -0.3 is 4.74 Å². The average molecular weight is 237 g/mol. The van der Waals surface area contributed by atoms with Crippen molar-refractivity contribution < 1.29 is 9.53 Å². The molecular formula is C7H9BrO2S. The number of ether oxygens (including phenoxy) is 1. The fraction of sp³-hybridized carbons (Fsp3) is 0.571. The molecule has 1 atom stereocenters. The van der Waals surface area contributed by atoms with Gasteiger partial charge in [-0.05, 0) is 12.7 Å². The Bertz CT molecular complexity index is 212. The highest BCUT2D eigenvalue weighted by Gasteiger charge is 2.29. The van der Waals surface area contributed by atoms with Gasteiger partial charge in [0.1, 0.15) is 0 Å². The quantitative estimate of drug-likeness (QED) is 0.689. The molecule has 0 fully saturated rings. The van der Waals surface area contributed by atoms with Crippen LogP contribution in [-0.4, -0.2) is 17.2 Å². The Morgan fingerprint density at radius 2 is 2.36 bits per heavy atom. The minimum absolute atomic E-state index is 0.104. The molecule has 0 N–H and O–H groups in total. The van der Waals surface area contributed by atoms with E-state index in [1.165, 1.54) is 0 Å². The first-order valence-corrected chi connectivity index (χ1v) is 5.19. The molecule has 2 nitrogen and oxygen atoms in total. The Labute approximate surface area is 78.5 Å². The number of hydrogen-bond acceptors (Lipinski definition) is 3. The van der Waals surface area contributed by atoms with Crippen molar-refractivity contribution in [2.24, 2.45) is 0 Å². The highest BCUT2D eigenvalue weighted by molar-refractivity contribution is 9.12. The molecule has 0 spiro atoms. The van der Waals surface area contributed by atoms with Gasteiger partial charge in [0.25, 0.3) is 0 Å². The van der Waals surface area contributed by atoms with E-state index >= 15 is 0 Å². The van der Waals surface area contributed by atoms with Gasteiger partial charge in [0.05, 0.1) is 4.48 Å². The second-order valence-electron chi connectivity index (χ2n) is 2.17. The zero-order chi connectivity index (χ0) is 8.43. The smallest absolute Gasteiger partial charge is 0.336 e. The van der Waals surface area contributed by atoms with Crippen molar-refractivity contribution in [2.75, 3.05) is 5.75 Å². The second kappa shape index (κ2) is 3.63. The molecule has 0 aromatic rings. The fourth-order valence-electron chi connectivity index (χ4n) is 0.770. The number of cyclic esters (lactones) is 1. The van der Waals surface area contributed by atoms with E-state index in [9.17, 15) is 4.79 Å². The molecule has 0 bridgehead atoms. The molecule has 0 aliphatic carbocycles. The normalized spacial score (nSPS) is 24.3. The minimum atomic E-state index is -0.206. The van der Waals surface area contributed by atoms with Crippen LogP contribution in [0.25, 0.3) is 0 Å². The molecular weight excluding hydrogens is 228 g/mol. The van der Waals surface area contributed by atoms with Crippen LogP contribution >= 0.6 is 27.7 Å². The molecule has 0 radical (unpaired) electrons. The van der Waals surface area contributed by atoms with E-state index in [1.54, 1.807) is 18.7 Å². The van der Waals surface area contributed by atoms with Gasteiger partial charge in [0.15, 0.2) is 5.44 Å². The summed E-state index contributed by atoms with van der Waals surface area (Å²) in [5.74, 6) is 0.739. The number of hydrogen-bond donors (Lipinski definition) is 0. The summed E-state index contributed by atoms with van der Waals surface area (Å²) in [6, 6.07) is 0. The summed E-state index contributed by atoms with van der Waals surface area (Å²) in [5.41, 5.74) is 0.587. The molecule has 0 amide bonds. The topological polar surface area (TPSA) is 26.3 Å². The Balaban J connectivity index is 2.69. The van der Waals surface area contributed by atoms with Gasteiger partial charge in [0.2, 0.25) is 0 Å². The molecule has 1 aliphatic rings. The number of esters is 1. The summed E-state index contributed by atoms with van der Waals surface area (Å²) in [5, 5.41) is 0. The molecule has 1 unspecified atom stereocenters. The maximum absolute atomic E-state index is 10.9. The van der Waals surface area contributed by atoms with E-state index in [2.05, 4.69) is 15.9 Å². The van der Waals surface area contributed by atoms with Gasteiger partial charge in [-0.25, -0.2) is 4.79 Å². The average Bonchev–Trinajstić information content (AvgIpc) is 2.19. The van der Waals surface area contributed by atoms with E-state index in [4.69, 9.17) is 4.74 Å². The van der Waals surface area contributed by atoms with Gasteiger partial charge in [0, 0.05) is 5.57 Å². The molecule has 4 heteroatoms. The van der Waals surface area contributed by atoms with Crippen molar-refractivity contribution in [3.05, 3.63) is 10.1 Å². The molecule has 1 aliphatic heterocycles. The third-order valence-electron chi connectivity index (χ3n) is 1.40. The zero-order valence-electron chi connectivity index (χ0n) is 6.39. The fourth-order valence-corrected chi connectivity index (χ4v) is 2.20. The van der Waals surface area contributed by atoms with E-state index in [-0.39, 0.29) is 11.4 Å². The highest BCUT2D eigenvalue weighted by atomic mass is 79.9. The zero-order valence-corrected chi connectivity index (χ0v) is 8.79. The van der Waals surface area contributed by atoms with Gasteiger partial charge >= 0.3 is 5.97 Å². The number of thioether (sulfide) groups is 1. The van der Waals surface area contributed by atoms with Crippen LogP contribution in [0, 0.1) is 0 Å². The van der Waals surface area contributed by atoms with Crippen LogP contribution in [0.4, 0.5) is 0 Å². The van der Waals surface area contributed by atoms with Crippen LogP contribution in [-0.2, 0) is 9.53 Å². The van der Waals surface area contributed by atoms with Crippen molar-refractivity contribution >= 4 is 33.7 Å². The molecule has 0 saturated carbocycles. The van der Waals surface area contributed by atoms with E-state index in [0.717, 1.165) is 10.2 Å². The first-order valence-electron chi connectivity index (χ1n) is 3.35. The van der Waals surface area contributed by atoms with Gasteiger partial charge in [-0.3, -0.25) is 0 Å². The van der Waals surface area contributed by atoms with Crippen molar-refractivity contribution in [1.82, 2.24) is 0 Å². The van der Waals surface area contributed by atoms with Crippen LogP contribution in [0.1, 0.15) is 13.8 Å². The third-order valence-corrected chi connectivity index (χ3v) is 3.69. The molecule has 1 heterocycles. The molecule has 62 valence electrons. The largest absolute Gasteiger partial charge is 0.442 e. The number of rotatable bonds is 2. The summed E-state index contributed by atoms with van der Waals surface area (Å²) in [4.78, 5) is 10.9. The number of carbonyl (C=O) groups is 1. The predicted molar refractivity (Wildman–Crippen MR) is 49.6 cm³/mol. The van der Waals surface area contributed by atoms with Crippen LogP contribution in [0.15, 0.2) is 10.1 Å². The lowest BCUT2D eigenvalue weighted by Crippen LogP contribution is -2.05. The Hall–Kier alpha value is 0.0400. The van der Waals surface area contributed by atoms with Crippen molar-refractivity contribution in [2.45, 2.75) is 19.3 Å². The van der Waals surface area contributed by atoms with Gasteiger partial charge in [-0.15, -0.1) is 11.8 Å². The maximum atomic E-state index is 10.9. The van der Waals surface area contributed by atoms with E-state index < -0.39 is 0 Å². The monoisotopic (exact) mass is 236 g/mol. The van der Waals surface area contributed by atoms with Gasteiger partial charge in [-0.2, -0.15) is 0 Å². The first kappa shape index (κ1) is 9.13. The number of halogens is 1. The van der Waals surface area contributed by atoms with Crippen molar-refractivity contribution in [3.63, 3.8) is 0 Å². The van der Waals surface area contributed by atoms with E-state index in [1.807, 2.05) is 6.92 Å². The number of carbonyl (C=O) groups excluding carboxylic acids is 1. The summed E-state index contributed by atoms with van der Waals surface area (Å²) >= 11 is 4.93. The molecule has 0 aromatic heterocycles. The lowest BCUT2D eigenvalue weighted by Gasteiger charge is -2.06. The van der Waals surface area contributed by atoms with Crippen molar-refractivity contribution in [1.29, 1.82) is 0 Å². The van der Waals surface area contributed by atoms with Crippen molar-refractivity contribution in [3.8, 4) is 0 Å². The molecule has 11 heavy (non-hydrogen) atoms. The molecule has 0 saturated heterocycles. The summed E-state index contributed by atoms with van der Waals surface area (Å²) in [6.07, 6.45) is 0. The predicted octanol–water partition coefficient (Wildman–Crippen LogP) is 2.29. The maximum Gasteiger partial charge on any atom is 0.336 e. The lowest BCUT2D eigenvalue weighted by atomic mass is 10.3. The van der Waals surface area contributed by atoms with Crippen LogP contribution in [0.2, 0.25) is 0 Å². The van der Waals surface area contributed by atoms with E-state index in [0.29, 0.717) is 5.57 Å². The second-order valence-corrected chi connectivity index (χ2v) is 4.36. The Kier molecular flexibility index (Phi) is 3.01.